The molecule has 0 aliphatic carbocycles. The molecule has 1 unspecified atom stereocenters. The second kappa shape index (κ2) is 6.48. The standard InChI is InChI=1S/C21H16N4OS/c26-20-18-19(14-8-2-1-3-9-14)27-21(24-17-12-6-7-13-22-17)25(18)16-11-5-4-10-15(16)23-20/h1-13,21H,(H,22,24)(H,23,26). The van der Waals surface area contributed by atoms with Crippen LogP contribution in [0.5, 0.6) is 0 Å². The normalized spacial score (nSPS) is 18.0. The third-order valence-corrected chi connectivity index (χ3v) is 5.74. The molecule has 27 heavy (non-hydrogen) atoms. The smallest absolute Gasteiger partial charge is 0.273 e. The van der Waals surface area contributed by atoms with E-state index in [0.29, 0.717) is 5.70 Å². The van der Waals surface area contributed by atoms with Crippen molar-refractivity contribution in [2.24, 2.45) is 0 Å². The number of thioether (sulfide) groups is 1. The zero-order valence-corrected chi connectivity index (χ0v) is 15.1. The van der Waals surface area contributed by atoms with E-state index in [1.807, 2.05) is 72.8 Å². The van der Waals surface area contributed by atoms with Gasteiger partial charge in [-0.05, 0) is 29.8 Å². The number of fused-ring (bicyclic) bond motifs is 3. The van der Waals surface area contributed by atoms with Crippen molar-refractivity contribution in [3.8, 4) is 0 Å². The van der Waals surface area contributed by atoms with Crippen molar-refractivity contribution in [3.63, 3.8) is 0 Å². The first-order chi connectivity index (χ1) is 13.3. The van der Waals surface area contributed by atoms with E-state index in [-0.39, 0.29) is 11.4 Å². The minimum atomic E-state index is -0.169. The number of hydrogen-bond donors (Lipinski definition) is 2. The van der Waals surface area contributed by atoms with Crippen LogP contribution < -0.4 is 15.5 Å². The summed E-state index contributed by atoms with van der Waals surface area (Å²) >= 11 is 1.62. The molecule has 1 atom stereocenters. The Morgan fingerprint density at radius 3 is 2.56 bits per heavy atom. The Kier molecular flexibility index (Phi) is 3.83. The fraction of sp³-hybridized carbons (Fsp3) is 0.0476. The Hall–Kier alpha value is -3.25. The van der Waals surface area contributed by atoms with Crippen LogP contribution in [0.3, 0.4) is 0 Å². The highest BCUT2D eigenvalue weighted by Crippen LogP contribution is 2.50. The number of hydrogen-bond acceptors (Lipinski definition) is 5. The predicted octanol–water partition coefficient (Wildman–Crippen LogP) is 4.35. The molecule has 2 N–H and O–H groups in total. The molecular weight excluding hydrogens is 356 g/mol. The molecular formula is C21H16N4OS. The molecule has 0 fully saturated rings. The number of pyridine rings is 1. The van der Waals surface area contributed by atoms with E-state index in [9.17, 15) is 4.79 Å². The average molecular weight is 372 g/mol. The molecule has 2 aliphatic rings. The first kappa shape index (κ1) is 16.0. The lowest BCUT2D eigenvalue weighted by molar-refractivity contribution is -0.113. The summed E-state index contributed by atoms with van der Waals surface area (Å²) in [5.74, 6) is 0.678. The van der Waals surface area contributed by atoms with Gasteiger partial charge < -0.3 is 15.5 Å². The quantitative estimate of drug-likeness (QED) is 0.716. The van der Waals surface area contributed by atoms with E-state index >= 15 is 0 Å². The van der Waals surface area contributed by atoms with Gasteiger partial charge in [0.25, 0.3) is 5.91 Å². The Morgan fingerprint density at radius 2 is 1.74 bits per heavy atom. The predicted molar refractivity (Wildman–Crippen MR) is 110 cm³/mol. The maximum atomic E-state index is 13.0. The zero-order chi connectivity index (χ0) is 18.2. The van der Waals surface area contributed by atoms with Crippen molar-refractivity contribution in [1.82, 2.24) is 4.98 Å². The first-order valence-electron chi connectivity index (χ1n) is 8.65. The molecule has 0 radical (unpaired) electrons. The topological polar surface area (TPSA) is 57.3 Å². The van der Waals surface area contributed by atoms with Crippen LogP contribution in [0.1, 0.15) is 5.56 Å². The number of para-hydroxylation sites is 2. The van der Waals surface area contributed by atoms with Crippen molar-refractivity contribution < 1.29 is 4.79 Å². The van der Waals surface area contributed by atoms with Crippen LogP contribution in [-0.4, -0.2) is 16.4 Å². The van der Waals surface area contributed by atoms with E-state index in [2.05, 4.69) is 20.5 Å². The van der Waals surface area contributed by atoms with Gasteiger partial charge in [-0.15, -0.1) is 0 Å². The Labute approximate surface area is 161 Å². The van der Waals surface area contributed by atoms with Gasteiger partial charge in [-0.1, -0.05) is 60.3 Å². The van der Waals surface area contributed by atoms with Gasteiger partial charge in [-0.3, -0.25) is 4.79 Å². The number of carbonyl (C=O) groups excluding carboxylic acids is 1. The van der Waals surface area contributed by atoms with E-state index in [0.717, 1.165) is 27.7 Å². The molecule has 3 heterocycles. The minimum Gasteiger partial charge on any atom is -0.341 e. The molecule has 6 heteroatoms. The van der Waals surface area contributed by atoms with Crippen molar-refractivity contribution in [1.29, 1.82) is 0 Å². The third kappa shape index (κ3) is 2.74. The molecule has 1 amide bonds. The van der Waals surface area contributed by atoms with Crippen molar-refractivity contribution in [3.05, 3.63) is 90.3 Å². The van der Waals surface area contributed by atoms with Gasteiger partial charge in [-0.2, -0.15) is 0 Å². The fourth-order valence-electron chi connectivity index (χ4n) is 3.34. The van der Waals surface area contributed by atoms with Gasteiger partial charge >= 0.3 is 0 Å². The molecule has 5 nitrogen and oxygen atoms in total. The van der Waals surface area contributed by atoms with Crippen molar-refractivity contribution in [2.75, 3.05) is 15.5 Å². The number of carbonyl (C=O) groups is 1. The molecule has 132 valence electrons. The maximum absolute atomic E-state index is 13.0. The molecule has 5 rings (SSSR count). The number of benzene rings is 2. The monoisotopic (exact) mass is 372 g/mol. The summed E-state index contributed by atoms with van der Waals surface area (Å²) in [6, 6.07) is 23.6. The van der Waals surface area contributed by atoms with E-state index < -0.39 is 0 Å². The van der Waals surface area contributed by atoms with Crippen molar-refractivity contribution >= 4 is 39.8 Å². The van der Waals surface area contributed by atoms with Crippen LogP contribution in [-0.2, 0) is 4.79 Å². The lowest BCUT2D eigenvalue weighted by atomic mass is 10.1. The lowest BCUT2D eigenvalue weighted by Crippen LogP contribution is -2.41. The van der Waals surface area contributed by atoms with E-state index in [1.54, 1.807) is 18.0 Å². The summed E-state index contributed by atoms with van der Waals surface area (Å²) in [6.07, 6.45) is 1.76. The van der Waals surface area contributed by atoms with Gasteiger partial charge in [0.05, 0.1) is 11.4 Å². The van der Waals surface area contributed by atoms with Crippen molar-refractivity contribution in [2.45, 2.75) is 5.50 Å². The summed E-state index contributed by atoms with van der Waals surface area (Å²) in [7, 11) is 0. The molecule has 1 aromatic heterocycles. The van der Waals surface area contributed by atoms with Gasteiger partial charge in [0, 0.05) is 11.1 Å². The van der Waals surface area contributed by atoms with Crippen LogP contribution in [0, 0.1) is 0 Å². The number of aromatic nitrogens is 1. The molecule has 0 saturated heterocycles. The van der Waals surface area contributed by atoms with Crippen LogP contribution in [0.15, 0.2) is 84.7 Å². The number of anilines is 3. The highest BCUT2D eigenvalue weighted by atomic mass is 32.2. The average Bonchev–Trinajstić information content (AvgIpc) is 3.10. The lowest BCUT2D eigenvalue weighted by Gasteiger charge is -2.34. The highest BCUT2D eigenvalue weighted by Gasteiger charge is 2.41. The highest BCUT2D eigenvalue weighted by molar-refractivity contribution is 8.09. The maximum Gasteiger partial charge on any atom is 0.273 e. The van der Waals surface area contributed by atoms with Crippen LogP contribution in [0.2, 0.25) is 0 Å². The Bertz CT molecular complexity index is 1040. The second-order valence-electron chi connectivity index (χ2n) is 6.21. The van der Waals surface area contributed by atoms with Crippen LogP contribution >= 0.6 is 11.8 Å². The van der Waals surface area contributed by atoms with Gasteiger partial charge in [0.15, 0.2) is 5.50 Å². The van der Waals surface area contributed by atoms with Gasteiger partial charge in [0.1, 0.15) is 11.5 Å². The summed E-state index contributed by atoms with van der Waals surface area (Å²) in [5.41, 5.74) is 3.31. The summed E-state index contributed by atoms with van der Waals surface area (Å²) in [4.78, 5) is 20.4. The van der Waals surface area contributed by atoms with Crippen LogP contribution in [0.4, 0.5) is 17.2 Å². The SMILES string of the molecule is O=C1Nc2ccccc2N2C1=C(c1ccccc1)SC2Nc1ccccn1. The third-order valence-electron chi connectivity index (χ3n) is 4.52. The summed E-state index contributed by atoms with van der Waals surface area (Å²) in [6.45, 7) is 0. The first-order valence-corrected chi connectivity index (χ1v) is 9.53. The molecule has 2 aliphatic heterocycles. The molecule has 2 aromatic carbocycles. The Morgan fingerprint density at radius 1 is 0.963 bits per heavy atom. The largest absolute Gasteiger partial charge is 0.341 e. The fourth-order valence-corrected chi connectivity index (χ4v) is 4.64. The number of nitrogens with one attached hydrogen (secondary N) is 2. The van der Waals surface area contributed by atoms with Gasteiger partial charge in [0.2, 0.25) is 0 Å². The number of amides is 1. The minimum absolute atomic E-state index is 0.0922. The summed E-state index contributed by atoms with van der Waals surface area (Å²) < 4.78 is 0. The van der Waals surface area contributed by atoms with E-state index in [1.165, 1.54) is 0 Å². The van der Waals surface area contributed by atoms with Crippen LogP contribution in [0.25, 0.3) is 4.91 Å². The molecule has 0 saturated carbocycles. The van der Waals surface area contributed by atoms with E-state index in [4.69, 9.17) is 0 Å². The zero-order valence-electron chi connectivity index (χ0n) is 14.3. The number of nitrogens with zero attached hydrogens (tertiary/aromatic N) is 2. The second-order valence-corrected chi connectivity index (χ2v) is 7.31. The summed E-state index contributed by atoms with van der Waals surface area (Å²) in [5, 5.41) is 6.48. The molecule has 0 spiro atoms. The number of rotatable bonds is 3. The van der Waals surface area contributed by atoms with Gasteiger partial charge in [-0.25, -0.2) is 4.98 Å². The Balaban J connectivity index is 1.63. The molecule has 0 bridgehead atoms. The molecule has 3 aromatic rings.